The molecule has 0 saturated heterocycles. The number of hydrogen-bond donors (Lipinski definition) is 0. The number of carbonyl (C=O) groups is 3. The highest BCUT2D eigenvalue weighted by atomic mass is 16.1. The van der Waals surface area contributed by atoms with Crippen LogP contribution in [0.2, 0.25) is 0 Å². The van der Waals surface area contributed by atoms with Gasteiger partial charge in [-0.05, 0) is 55.4 Å². The van der Waals surface area contributed by atoms with Crippen LogP contribution in [0.4, 0.5) is 0 Å². The van der Waals surface area contributed by atoms with Gasteiger partial charge >= 0.3 is 0 Å². The Balaban J connectivity index is 1.81. The molecule has 4 aliphatic rings. The molecular weight excluding hydrogens is 276 g/mol. The normalized spacial score (nSPS) is 47.6. The molecule has 22 heavy (non-hydrogen) atoms. The Labute approximate surface area is 131 Å². The lowest BCUT2D eigenvalue weighted by atomic mass is 9.48. The number of hydrogen-bond acceptors (Lipinski definition) is 3. The van der Waals surface area contributed by atoms with Crippen molar-refractivity contribution in [3.05, 3.63) is 11.6 Å². The van der Waals surface area contributed by atoms with Crippen molar-refractivity contribution in [2.45, 2.75) is 58.8 Å². The molecule has 0 amide bonds. The molecule has 0 aromatic rings. The van der Waals surface area contributed by atoms with Crippen LogP contribution in [0.5, 0.6) is 0 Å². The maximum absolute atomic E-state index is 12.8. The number of Topliss-reactive ketones (excluding diaryl/α,β-unsaturated/α-hetero) is 2. The van der Waals surface area contributed by atoms with Gasteiger partial charge in [-0.3, -0.25) is 14.4 Å². The maximum atomic E-state index is 12.8. The van der Waals surface area contributed by atoms with Crippen molar-refractivity contribution in [3.63, 3.8) is 0 Å². The standard InChI is InChI=1S/C19H24O3/c1-18-8-3-4-14(20)13(18)10-15(21)17-11-5-6-16(22)19(11,2)9-7-12(17)18/h10-12,17H,3-9H2,1-2H3/t11-,12+,17-,18+,19-/m0/s1. The van der Waals surface area contributed by atoms with Crippen LogP contribution < -0.4 is 0 Å². The summed E-state index contributed by atoms with van der Waals surface area (Å²) in [5.41, 5.74) is 0.357. The highest BCUT2D eigenvalue weighted by Gasteiger charge is 2.61. The van der Waals surface area contributed by atoms with Gasteiger partial charge in [-0.25, -0.2) is 0 Å². The van der Waals surface area contributed by atoms with E-state index in [9.17, 15) is 14.4 Å². The van der Waals surface area contributed by atoms with Gasteiger partial charge in [-0.1, -0.05) is 13.8 Å². The first kappa shape index (κ1) is 14.3. The highest BCUT2D eigenvalue weighted by Crippen LogP contribution is 2.62. The third kappa shape index (κ3) is 1.60. The van der Waals surface area contributed by atoms with Crippen molar-refractivity contribution < 1.29 is 14.4 Å². The van der Waals surface area contributed by atoms with Crippen LogP contribution >= 0.6 is 0 Å². The number of allylic oxidation sites excluding steroid dienone is 2. The first-order valence-corrected chi connectivity index (χ1v) is 8.70. The monoisotopic (exact) mass is 300 g/mol. The van der Waals surface area contributed by atoms with Crippen molar-refractivity contribution in [2.75, 3.05) is 0 Å². The van der Waals surface area contributed by atoms with Crippen LogP contribution in [-0.2, 0) is 14.4 Å². The third-order valence-corrected chi connectivity index (χ3v) is 7.43. The zero-order chi connectivity index (χ0) is 15.7. The second-order valence-corrected chi connectivity index (χ2v) is 8.31. The number of carbonyl (C=O) groups excluding carboxylic acids is 3. The summed E-state index contributed by atoms with van der Waals surface area (Å²) in [6.45, 7) is 4.27. The Hall–Kier alpha value is -1.25. The summed E-state index contributed by atoms with van der Waals surface area (Å²) in [7, 11) is 0. The minimum Gasteiger partial charge on any atom is -0.299 e. The minimum atomic E-state index is -0.294. The Morgan fingerprint density at radius 3 is 2.45 bits per heavy atom. The van der Waals surface area contributed by atoms with Gasteiger partial charge in [0.2, 0.25) is 0 Å². The Kier molecular flexibility index (Phi) is 2.87. The summed E-state index contributed by atoms with van der Waals surface area (Å²) < 4.78 is 0. The molecule has 3 heteroatoms. The van der Waals surface area contributed by atoms with Gasteiger partial charge < -0.3 is 0 Å². The summed E-state index contributed by atoms with van der Waals surface area (Å²) in [6, 6.07) is 0. The van der Waals surface area contributed by atoms with E-state index in [-0.39, 0.29) is 40.2 Å². The van der Waals surface area contributed by atoms with Gasteiger partial charge in [-0.2, -0.15) is 0 Å². The Morgan fingerprint density at radius 2 is 1.68 bits per heavy atom. The lowest BCUT2D eigenvalue weighted by Crippen LogP contribution is -2.53. The summed E-state index contributed by atoms with van der Waals surface area (Å²) in [5.74, 6) is 1.06. The maximum Gasteiger partial charge on any atom is 0.159 e. The van der Waals surface area contributed by atoms with Gasteiger partial charge in [-0.15, -0.1) is 0 Å². The zero-order valence-corrected chi connectivity index (χ0v) is 13.5. The molecule has 0 radical (unpaired) electrons. The first-order chi connectivity index (χ1) is 10.4. The van der Waals surface area contributed by atoms with E-state index in [1.807, 2.05) is 0 Å². The molecule has 4 aliphatic carbocycles. The van der Waals surface area contributed by atoms with Crippen LogP contribution in [0, 0.1) is 28.6 Å². The van der Waals surface area contributed by atoms with E-state index < -0.39 is 0 Å². The van der Waals surface area contributed by atoms with Gasteiger partial charge in [0.05, 0.1) is 0 Å². The molecule has 4 rings (SSSR count). The van der Waals surface area contributed by atoms with Gasteiger partial charge in [0.15, 0.2) is 11.6 Å². The molecule has 0 aromatic heterocycles. The van der Waals surface area contributed by atoms with Crippen molar-refractivity contribution in [3.8, 4) is 0 Å². The minimum absolute atomic E-state index is 0.0372. The van der Waals surface area contributed by atoms with Crippen molar-refractivity contribution in [1.29, 1.82) is 0 Å². The Bertz CT molecular complexity index is 616. The van der Waals surface area contributed by atoms with E-state index in [0.29, 0.717) is 18.6 Å². The van der Waals surface area contributed by atoms with E-state index in [2.05, 4.69) is 13.8 Å². The quantitative estimate of drug-likeness (QED) is 0.690. The van der Waals surface area contributed by atoms with Crippen LogP contribution in [0.1, 0.15) is 58.8 Å². The molecule has 0 unspecified atom stereocenters. The second kappa shape index (κ2) is 4.39. The lowest BCUT2D eigenvalue weighted by Gasteiger charge is -2.54. The molecule has 0 bridgehead atoms. The molecule has 0 spiro atoms. The van der Waals surface area contributed by atoms with E-state index in [1.54, 1.807) is 6.08 Å². The molecule has 3 saturated carbocycles. The summed E-state index contributed by atoms with van der Waals surface area (Å²) >= 11 is 0. The predicted molar refractivity (Wildman–Crippen MR) is 82.1 cm³/mol. The topological polar surface area (TPSA) is 51.2 Å². The molecular formula is C19H24O3. The average Bonchev–Trinajstić information content (AvgIpc) is 2.77. The van der Waals surface area contributed by atoms with Crippen LogP contribution in [0.15, 0.2) is 11.6 Å². The smallest absolute Gasteiger partial charge is 0.159 e. The molecule has 118 valence electrons. The van der Waals surface area contributed by atoms with Gasteiger partial charge in [0.25, 0.3) is 0 Å². The number of rotatable bonds is 0. The van der Waals surface area contributed by atoms with Gasteiger partial charge in [0.1, 0.15) is 5.78 Å². The largest absolute Gasteiger partial charge is 0.299 e. The molecule has 3 nitrogen and oxygen atoms in total. The summed E-state index contributed by atoms with van der Waals surface area (Å²) in [4.78, 5) is 37.5. The number of ketones is 3. The van der Waals surface area contributed by atoms with Crippen molar-refractivity contribution in [2.24, 2.45) is 28.6 Å². The third-order valence-electron chi connectivity index (χ3n) is 7.43. The lowest BCUT2D eigenvalue weighted by molar-refractivity contribution is -0.141. The molecule has 0 aliphatic heterocycles. The average molecular weight is 300 g/mol. The van der Waals surface area contributed by atoms with Crippen molar-refractivity contribution >= 4 is 17.3 Å². The highest BCUT2D eigenvalue weighted by molar-refractivity contribution is 6.07. The Morgan fingerprint density at radius 1 is 0.955 bits per heavy atom. The molecule has 3 fully saturated rings. The fourth-order valence-electron chi connectivity index (χ4n) is 6.10. The van der Waals surface area contributed by atoms with E-state index in [0.717, 1.165) is 37.7 Å². The van der Waals surface area contributed by atoms with Crippen molar-refractivity contribution in [1.82, 2.24) is 0 Å². The molecule has 0 N–H and O–H groups in total. The van der Waals surface area contributed by atoms with Crippen LogP contribution in [-0.4, -0.2) is 17.3 Å². The van der Waals surface area contributed by atoms with E-state index >= 15 is 0 Å². The van der Waals surface area contributed by atoms with Crippen LogP contribution in [0.25, 0.3) is 0 Å². The first-order valence-electron chi connectivity index (χ1n) is 8.70. The van der Waals surface area contributed by atoms with E-state index in [4.69, 9.17) is 0 Å². The fourth-order valence-corrected chi connectivity index (χ4v) is 6.10. The molecule has 0 aromatic carbocycles. The number of fused-ring (bicyclic) bond motifs is 5. The SMILES string of the molecule is C[C@]12CCCC(=O)C1=CC(=O)[C@@H]1[C@H]2CC[C@]2(C)C(=O)CC[C@@H]12. The summed E-state index contributed by atoms with van der Waals surface area (Å²) in [5, 5.41) is 0. The molecule has 0 heterocycles. The second-order valence-electron chi connectivity index (χ2n) is 8.31. The molecule has 5 atom stereocenters. The fraction of sp³-hybridized carbons (Fsp3) is 0.737. The van der Waals surface area contributed by atoms with Crippen LogP contribution in [0.3, 0.4) is 0 Å². The predicted octanol–water partition coefficient (Wildman–Crippen LogP) is 3.27. The zero-order valence-electron chi connectivity index (χ0n) is 13.5. The van der Waals surface area contributed by atoms with E-state index in [1.165, 1.54) is 0 Å². The summed E-state index contributed by atoms with van der Waals surface area (Å²) in [6.07, 6.45) is 7.49. The van der Waals surface area contributed by atoms with Gasteiger partial charge in [0, 0.05) is 29.7 Å².